The number of carbonyl (C=O) groups excluding carboxylic acids is 5. The molecular weight excluding hydrogens is 574 g/mol. The van der Waals surface area contributed by atoms with E-state index in [1.54, 1.807) is 24.3 Å². The van der Waals surface area contributed by atoms with E-state index in [-0.39, 0.29) is 29.8 Å². The molecule has 3 aromatic carbocycles. The van der Waals surface area contributed by atoms with Crippen LogP contribution in [0.4, 0.5) is 5.69 Å². The largest absolute Gasteiger partial charge is 0.462 e. The minimum absolute atomic E-state index is 0.0282. The molecule has 0 bridgehead atoms. The van der Waals surface area contributed by atoms with E-state index in [4.69, 9.17) is 14.2 Å². The van der Waals surface area contributed by atoms with E-state index < -0.39 is 29.7 Å². The third kappa shape index (κ3) is 6.20. The van der Waals surface area contributed by atoms with Crippen LogP contribution in [-0.4, -0.2) is 35.8 Å². The Bertz CT molecular complexity index is 1750. The molecule has 9 heteroatoms. The SMILES string of the molecule is C=C(CC(=O)OC1CCCCC1)C(=O)Oc1ccc2c(c1)C(C)c1cc(C(=O)Oc3ccc(N4C(=O)C=CC4=O)cc3)ccc1-2. The van der Waals surface area contributed by atoms with Crippen LogP contribution in [0.3, 0.4) is 0 Å². The highest BCUT2D eigenvalue weighted by Gasteiger charge is 2.29. The number of hydrogen-bond donors (Lipinski definition) is 0. The molecule has 1 heterocycles. The molecule has 1 saturated carbocycles. The van der Waals surface area contributed by atoms with Crippen molar-refractivity contribution in [2.75, 3.05) is 4.90 Å². The summed E-state index contributed by atoms with van der Waals surface area (Å²) in [4.78, 5) is 62.9. The van der Waals surface area contributed by atoms with Crippen LogP contribution < -0.4 is 14.4 Å². The predicted molar refractivity (Wildman–Crippen MR) is 165 cm³/mol. The lowest BCUT2D eigenvalue weighted by Crippen LogP contribution is -2.29. The lowest BCUT2D eigenvalue weighted by atomic mass is 9.98. The number of rotatable bonds is 8. The lowest BCUT2D eigenvalue weighted by molar-refractivity contribution is -0.150. The first-order chi connectivity index (χ1) is 21.7. The third-order valence-corrected chi connectivity index (χ3v) is 8.36. The Morgan fingerprint density at radius 1 is 0.800 bits per heavy atom. The zero-order chi connectivity index (χ0) is 31.7. The van der Waals surface area contributed by atoms with Gasteiger partial charge in [0.05, 0.1) is 17.7 Å². The molecule has 1 atom stereocenters. The van der Waals surface area contributed by atoms with Crippen molar-refractivity contribution in [2.45, 2.75) is 57.5 Å². The van der Waals surface area contributed by atoms with Gasteiger partial charge in [0.25, 0.3) is 11.8 Å². The molecule has 3 aromatic rings. The molecule has 228 valence electrons. The smallest absolute Gasteiger partial charge is 0.343 e. The van der Waals surface area contributed by atoms with Crippen LogP contribution >= 0.6 is 0 Å². The van der Waals surface area contributed by atoms with Gasteiger partial charge in [-0.05, 0) is 96.5 Å². The molecule has 9 nitrogen and oxygen atoms in total. The van der Waals surface area contributed by atoms with Gasteiger partial charge in [0.1, 0.15) is 17.6 Å². The number of amides is 2. The fourth-order valence-corrected chi connectivity index (χ4v) is 5.99. The van der Waals surface area contributed by atoms with Crippen LogP contribution in [0.15, 0.2) is 85.0 Å². The number of fused-ring (bicyclic) bond motifs is 3. The van der Waals surface area contributed by atoms with E-state index >= 15 is 0 Å². The highest BCUT2D eigenvalue weighted by molar-refractivity contribution is 6.28. The summed E-state index contributed by atoms with van der Waals surface area (Å²) < 4.78 is 16.6. The summed E-state index contributed by atoms with van der Waals surface area (Å²) in [6.45, 7) is 5.74. The molecule has 0 spiro atoms. The predicted octanol–water partition coefficient (Wildman–Crippen LogP) is 6.20. The average molecular weight is 606 g/mol. The standard InChI is InChI=1S/C36H31NO8/c1-21(18-34(40)43-25-6-4-3-5-7-25)35(41)45-27-13-15-29-28-14-8-23(19-30(28)22(2)31(29)20-27)36(42)44-26-11-9-24(10-12-26)37-32(38)16-17-33(37)39/h8-17,19-20,22,25H,1,3-7,18H2,2H3. The summed E-state index contributed by atoms with van der Waals surface area (Å²) in [6, 6.07) is 16.8. The summed E-state index contributed by atoms with van der Waals surface area (Å²) in [5, 5.41) is 0. The maximum absolute atomic E-state index is 13.0. The Morgan fingerprint density at radius 2 is 1.42 bits per heavy atom. The van der Waals surface area contributed by atoms with Crippen molar-refractivity contribution < 1.29 is 38.2 Å². The maximum atomic E-state index is 13.0. The number of ether oxygens (including phenoxy) is 3. The van der Waals surface area contributed by atoms with Gasteiger partial charge in [0.15, 0.2) is 0 Å². The van der Waals surface area contributed by atoms with Gasteiger partial charge in [0.2, 0.25) is 0 Å². The molecule has 1 unspecified atom stereocenters. The summed E-state index contributed by atoms with van der Waals surface area (Å²) >= 11 is 0. The van der Waals surface area contributed by atoms with Gasteiger partial charge in [-0.1, -0.05) is 32.1 Å². The Labute approximate surface area is 260 Å². The second-order valence-electron chi connectivity index (χ2n) is 11.4. The van der Waals surface area contributed by atoms with Gasteiger partial charge in [-0.25, -0.2) is 14.5 Å². The van der Waals surface area contributed by atoms with Gasteiger partial charge in [-0.3, -0.25) is 14.4 Å². The number of carbonyl (C=O) groups is 5. The molecule has 1 aliphatic heterocycles. The van der Waals surface area contributed by atoms with E-state index in [0.29, 0.717) is 17.0 Å². The van der Waals surface area contributed by atoms with Crippen LogP contribution in [0.25, 0.3) is 11.1 Å². The first-order valence-corrected chi connectivity index (χ1v) is 14.9. The van der Waals surface area contributed by atoms with Gasteiger partial charge < -0.3 is 14.2 Å². The zero-order valence-corrected chi connectivity index (χ0v) is 24.7. The van der Waals surface area contributed by atoms with Crippen LogP contribution in [-0.2, 0) is 23.9 Å². The number of hydrogen-bond acceptors (Lipinski definition) is 8. The Hall–Kier alpha value is -5.31. The summed E-state index contributed by atoms with van der Waals surface area (Å²) in [5.74, 6) is -2.08. The minimum Gasteiger partial charge on any atom is -0.462 e. The normalized spacial score (nSPS) is 17.1. The van der Waals surface area contributed by atoms with Gasteiger partial charge in [-0.2, -0.15) is 0 Å². The van der Waals surface area contributed by atoms with Crippen molar-refractivity contribution in [1.82, 2.24) is 0 Å². The molecule has 45 heavy (non-hydrogen) atoms. The summed E-state index contributed by atoms with van der Waals surface area (Å²) in [7, 11) is 0. The van der Waals surface area contributed by atoms with Crippen LogP contribution in [0.2, 0.25) is 0 Å². The van der Waals surface area contributed by atoms with Crippen LogP contribution in [0, 0.1) is 0 Å². The quantitative estimate of drug-likeness (QED) is 0.129. The van der Waals surface area contributed by atoms with Crippen LogP contribution in [0.5, 0.6) is 11.5 Å². The number of benzene rings is 3. The van der Waals surface area contributed by atoms with Gasteiger partial charge in [0, 0.05) is 23.6 Å². The van der Waals surface area contributed by atoms with Crippen molar-refractivity contribution in [1.29, 1.82) is 0 Å². The zero-order valence-electron chi connectivity index (χ0n) is 24.7. The third-order valence-electron chi connectivity index (χ3n) is 8.36. The topological polar surface area (TPSA) is 116 Å². The maximum Gasteiger partial charge on any atom is 0.343 e. The molecule has 3 aliphatic rings. The van der Waals surface area contributed by atoms with Crippen molar-refractivity contribution in [3.05, 3.63) is 102 Å². The molecule has 2 amide bonds. The van der Waals surface area contributed by atoms with E-state index in [1.165, 1.54) is 36.4 Å². The number of nitrogens with zero attached hydrogens (tertiary/aromatic N) is 1. The van der Waals surface area contributed by atoms with Crippen molar-refractivity contribution in [3.63, 3.8) is 0 Å². The van der Waals surface area contributed by atoms with Gasteiger partial charge in [-0.15, -0.1) is 0 Å². The second-order valence-corrected chi connectivity index (χ2v) is 11.4. The first-order valence-electron chi connectivity index (χ1n) is 14.9. The Morgan fingerprint density at radius 3 is 2.11 bits per heavy atom. The summed E-state index contributed by atoms with van der Waals surface area (Å²) in [5.41, 5.74) is 4.54. The molecule has 0 N–H and O–H groups in total. The molecule has 0 aromatic heterocycles. The van der Waals surface area contributed by atoms with Crippen molar-refractivity contribution >= 4 is 35.4 Å². The van der Waals surface area contributed by atoms with Gasteiger partial charge >= 0.3 is 17.9 Å². The number of anilines is 1. The highest BCUT2D eigenvalue weighted by atomic mass is 16.5. The monoisotopic (exact) mass is 605 g/mol. The molecule has 2 aliphatic carbocycles. The number of esters is 3. The second kappa shape index (κ2) is 12.4. The first kappa shape index (κ1) is 29.7. The molecular formula is C36H31NO8. The highest BCUT2D eigenvalue weighted by Crippen LogP contribution is 2.46. The number of imide groups is 1. The van der Waals surface area contributed by atoms with Crippen molar-refractivity contribution in [2.24, 2.45) is 0 Å². The summed E-state index contributed by atoms with van der Waals surface area (Å²) in [6.07, 6.45) is 7.00. The van der Waals surface area contributed by atoms with E-state index in [2.05, 4.69) is 6.58 Å². The van der Waals surface area contributed by atoms with E-state index in [1.807, 2.05) is 19.1 Å². The Kier molecular flexibility index (Phi) is 8.17. The molecule has 6 rings (SSSR count). The molecule has 0 saturated heterocycles. The fourth-order valence-electron chi connectivity index (χ4n) is 5.99. The van der Waals surface area contributed by atoms with Crippen LogP contribution in [0.1, 0.15) is 72.9 Å². The van der Waals surface area contributed by atoms with Crippen molar-refractivity contribution in [3.8, 4) is 22.6 Å². The van der Waals surface area contributed by atoms with E-state index in [0.717, 1.165) is 59.3 Å². The average Bonchev–Trinajstić information content (AvgIpc) is 3.52. The molecule has 1 fully saturated rings. The molecule has 0 radical (unpaired) electrons. The Balaban J connectivity index is 1.08. The van der Waals surface area contributed by atoms with E-state index in [9.17, 15) is 24.0 Å². The minimum atomic E-state index is -0.688. The fraction of sp³-hybridized carbons (Fsp3) is 0.250. The lowest BCUT2D eigenvalue weighted by Gasteiger charge is -2.21.